The van der Waals surface area contributed by atoms with Crippen LogP contribution in [0.3, 0.4) is 0 Å². The van der Waals surface area contributed by atoms with Gasteiger partial charge in [0.25, 0.3) is 0 Å². The van der Waals surface area contributed by atoms with Crippen molar-refractivity contribution in [3.8, 4) is 0 Å². The number of rotatable bonds is 3. The molecule has 0 saturated heterocycles. The highest BCUT2D eigenvalue weighted by molar-refractivity contribution is 5.97. The fourth-order valence-corrected chi connectivity index (χ4v) is 2.81. The van der Waals surface area contributed by atoms with E-state index in [-0.39, 0.29) is 5.84 Å². The predicted octanol–water partition coefficient (Wildman–Crippen LogP) is 1.78. The number of anilines is 1. The normalized spacial score (nSPS) is 23.7. The summed E-state index contributed by atoms with van der Waals surface area (Å²) in [6, 6.07) is 0.466. The average Bonchev–Trinajstić information content (AvgIpc) is 2.38. The van der Waals surface area contributed by atoms with E-state index < -0.39 is 0 Å². The Morgan fingerprint density at radius 2 is 2.00 bits per heavy atom. The molecular formula is C13H21N5. The van der Waals surface area contributed by atoms with E-state index in [9.17, 15) is 0 Å². The zero-order valence-corrected chi connectivity index (χ0v) is 11.1. The van der Waals surface area contributed by atoms with E-state index in [2.05, 4.69) is 21.8 Å². The van der Waals surface area contributed by atoms with E-state index >= 15 is 0 Å². The molecule has 3 N–H and O–H groups in total. The lowest BCUT2D eigenvalue weighted by molar-refractivity contribution is 0.320. The Hall–Kier alpha value is -1.65. The molecule has 98 valence electrons. The number of nitrogens with one attached hydrogen (secondary N) is 1. The molecule has 5 heteroatoms. The molecule has 0 aliphatic heterocycles. The van der Waals surface area contributed by atoms with Gasteiger partial charge in [-0.3, -0.25) is 5.41 Å². The molecule has 0 aromatic carbocycles. The van der Waals surface area contributed by atoms with Crippen LogP contribution in [-0.2, 0) is 0 Å². The van der Waals surface area contributed by atoms with Crippen LogP contribution >= 0.6 is 0 Å². The highest BCUT2D eigenvalue weighted by atomic mass is 15.2. The predicted molar refractivity (Wildman–Crippen MR) is 72.9 cm³/mol. The number of hydrogen-bond acceptors (Lipinski definition) is 4. The Bertz CT molecular complexity index is 431. The molecule has 1 aromatic heterocycles. The lowest BCUT2D eigenvalue weighted by Gasteiger charge is -2.37. The minimum absolute atomic E-state index is 0.0200. The number of nitrogens with zero attached hydrogens (tertiary/aromatic N) is 3. The van der Waals surface area contributed by atoms with Crippen molar-refractivity contribution in [2.24, 2.45) is 11.7 Å². The molecule has 18 heavy (non-hydrogen) atoms. The molecule has 0 amide bonds. The van der Waals surface area contributed by atoms with Crippen molar-refractivity contribution >= 4 is 11.7 Å². The van der Waals surface area contributed by atoms with Gasteiger partial charge in [0, 0.05) is 25.5 Å². The average molecular weight is 247 g/mol. The Balaban J connectivity index is 2.27. The summed E-state index contributed by atoms with van der Waals surface area (Å²) in [5.41, 5.74) is 6.05. The topological polar surface area (TPSA) is 78.9 Å². The van der Waals surface area contributed by atoms with Crippen molar-refractivity contribution < 1.29 is 0 Å². The lowest BCUT2D eigenvalue weighted by Crippen LogP contribution is -2.40. The van der Waals surface area contributed by atoms with E-state index in [4.69, 9.17) is 11.1 Å². The summed E-state index contributed by atoms with van der Waals surface area (Å²) in [7, 11) is 2.03. The van der Waals surface area contributed by atoms with E-state index in [0.717, 1.165) is 5.82 Å². The van der Waals surface area contributed by atoms with Crippen molar-refractivity contribution in [2.45, 2.75) is 38.6 Å². The Morgan fingerprint density at radius 1 is 1.33 bits per heavy atom. The summed E-state index contributed by atoms with van der Waals surface area (Å²) < 4.78 is 0. The van der Waals surface area contributed by atoms with Gasteiger partial charge in [-0.25, -0.2) is 9.97 Å². The largest absolute Gasteiger partial charge is 0.382 e. The number of nitrogens with two attached hydrogens (primary N) is 1. The third-order valence-corrected chi connectivity index (χ3v) is 3.83. The first-order valence-corrected chi connectivity index (χ1v) is 6.49. The smallest absolute Gasteiger partial charge is 0.158 e. The zero-order valence-electron chi connectivity index (χ0n) is 11.1. The molecule has 1 saturated carbocycles. The third kappa shape index (κ3) is 2.44. The number of nitrogen functional groups attached to an aromatic ring is 1. The zero-order chi connectivity index (χ0) is 13.1. The second-order valence-corrected chi connectivity index (χ2v) is 5.08. The van der Waals surface area contributed by atoms with Gasteiger partial charge in [-0.05, 0) is 18.8 Å². The van der Waals surface area contributed by atoms with Crippen LogP contribution < -0.4 is 10.6 Å². The minimum atomic E-state index is -0.0200. The van der Waals surface area contributed by atoms with Crippen molar-refractivity contribution in [1.82, 2.24) is 9.97 Å². The standard InChI is InChI=1S/C13H21N5/c1-9-5-3-4-6-10(9)18(2)13-11(12(14)15)16-7-8-17-13/h7-10H,3-6H2,1-2H3,(H3,14,15). The van der Waals surface area contributed by atoms with Gasteiger partial charge >= 0.3 is 0 Å². The Kier molecular flexibility index (Phi) is 3.79. The molecule has 2 atom stereocenters. The van der Waals surface area contributed by atoms with Crippen LogP contribution in [0.2, 0.25) is 0 Å². The summed E-state index contributed by atoms with van der Waals surface area (Å²) in [6.45, 7) is 2.28. The van der Waals surface area contributed by atoms with Gasteiger partial charge in [-0.15, -0.1) is 0 Å². The van der Waals surface area contributed by atoms with E-state index in [1.165, 1.54) is 25.7 Å². The SMILES string of the molecule is CC1CCCCC1N(C)c1nccnc1C(=N)N. The summed E-state index contributed by atoms with van der Waals surface area (Å²) in [5, 5.41) is 7.58. The fourth-order valence-electron chi connectivity index (χ4n) is 2.81. The number of aromatic nitrogens is 2. The molecule has 1 heterocycles. The Labute approximate surface area is 108 Å². The van der Waals surface area contributed by atoms with Gasteiger partial charge in [-0.2, -0.15) is 0 Å². The molecule has 2 unspecified atom stereocenters. The quantitative estimate of drug-likeness (QED) is 0.630. The first kappa shape index (κ1) is 12.8. The summed E-state index contributed by atoms with van der Waals surface area (Å²) in [6.07, 6.45) is 8.24. The maximum Gasteiger partial charge on any atom is 0.158 e. The third-order valence-electron chi connectivity index (χ3n) is 3.83. The van der Waals surface area contributed by atoms with Gasteiger partial charge in [0.1, 0.15) is 11.5 Å². The van der Waals surface area contributed by atoms with Crippen LogP contribution in [0.15, 0.2) is 12.4 Å². The van der Waals surface area contributed by atoms with Gasteiger partial charge < -0.3 is 10.6 Å². The minimum Gasteiger partial charge on any atom is -0.382 e. The van der Waals surface area contributed by atoms with E-state index in [0.29, 0.717) is 17.7 Å². The van der Waals surface area contributed by atoms with E-state index in [1.807, 2.05) is 7.05 Å². The molecule has 1 aromatic rings. The fraction of sp³-hybridized carbons (Fsp3) is 0.615. The maximum atomic E-state index is 7.58. The molecule has 0 spiro atoms. The van der Waals surface area contributed by atoms with Gasteiger partial charge in [0.05, 0.1) is 0 Å². The van der Waals surface area contributed by atoms with Gasteiger partial charge in [-0.1, -0.05) is 19.8 Å². The summed E-state index contributed by atoms with van der Waals surface area (Å²) >= 11 is 0. The second kappa shape index (κ2) is 5.33. The molecule has 0 radical (unpaired) electrons. The van der Waals surface area contributed by atoms with Crippen LogP contribution in [0.5, 0.6) is 0 Å². The molecule has 5 nitrogen and oxygen atoms in total. The monoisotopic (exact) mass is 247 g/mol. The molecule has 1 aliphatic carbocycles. The van der Waals surface area contributed by atoms with Crippen LogP contribution in [0.4, 0.5) is 5.82 Å². The summed E-state index contributed by atoms with van der Waals surface area (Å²) in [5.74, 6) is 1.35. The van der Waals surface area contributed by atoms with Crippen LogP contribution in [-0.4, -0.2) is 28.9 Å². The van der Waals surface area contributed by atoms with Crippen molar-refractivity contribution in [2.75, 3.05) is 11.9 Å². The lowest BCUT2D eigenvalue weighted by atomic mass is 9.85. The van der Waals surface area contributed by atoms with E-state index in [1.54, 1.807) is 12.4 Å². The first-order chi connectivity index (χ1) is 8.61. The van der Waals surface area contributed by atoms with Gasteiger partial charge in [0.15, 0.2) is 5.82 Å². The maximum absolute atomic E-state index is 7.58. The molecule has 1 fully saturated rings. The van der Waals surface area contributed by atoms with Crippen molar-refractivity contribution in [3.63, 3.8) is 0 Å². The van der Waals surface area contributed by atoms with Crippen LogP contribution in [0, 0.1) is 11.3 Å². The number of amidine groups is 1. The second-order valence-electron chi connectivity index (χ2n) is 5.08. The molecule has 2 rings (SSSR count). The number of hydrogen-bond donors (Lipinski definition) is 2. The van der Waals surface area contributed by atoms with Crippen molar-refractivity contribution in [3.05, 3.63) is 18.1 Å². The van der Waals surface area contributed by atoms with Gasteiger partial charge in [0.2, 0.25) is 0 Å². The molecule has 0 bridgehead atoms. The highest BCUT2D eigenvalue weighted by Gasteiger charge is 2.27. The van der Waals surface area contributed by atoms with Crippen LogP contribution in [0.1, 0.15) is 38.3 Å². The summed E-state index contributed by atoms with van der Waals surface area (Å²) in [4.78, 5) is 10.7. The Morgan fingerprint density at radius 3 is 2.67 bits per heavy atom. The highest BCUT2D eigenvalue weighted by Crippen LogP contribution is 2.30. The van der Waals surface area contributed by atoms with Crippen LogP contribution in [0.25, 0.3) is 0 Å². The van der Waals surface area contributed by atoms with Crippen molar-refractivity contribution in [1.29, 1.82) is 5.41 Å². The first-order valence-electron chi connectivity index (χ1n) is 6.49. The molecular weight excluding hydrogens is 226 g/mol. The molecule has 1 aliphatic rings.